The molecule has 0 saturated heterocycles. The van der Waals surface area contributed by atoms with E-state index in [0.29, 0.717) is 18.0 Å². The molecule has 0 aliphatic rings. The van der Waals surface area contributed by atoms with Gasteiger partial charge in [-0.1, -0.05) is 6.07 Å². The van der Waals surface area contributed by atoms with Crippen molar-refractivity contribution in [3.05, 3.63) is 23.8 Å². The van der Waals surface area contributed by atoms with Crippen LogP contribution in [0, 0.1) is 0 Å². The van der Waals surface area contributed by atoms with E-state index >= 15 is 0 Å². The van der Waals surface area contributed by atoms with Gasteiger partial charge in [0.2, 0.25) is 0 Å². The van der Waals surface area contributed by atoms with E-state index in [4.69, 9.17) is 20.3 Å². The van der Waals surface area contributed by atoms with E-state index in [1.54, 1.807) is 25.1 Å². The summed E-state index contributed by atoms with van der Waals surface area (Å²) in [7, 11) is 0. The highest BCUT2D eigenvalue weighted by Crippen LogP contribution is 2.26. The van der Waals surface area contributed by atoms with Gasteiger partial charge in [-0.05, 0) is 26.0 Å². The van der Waals surface area contributed by atoms with Crippen molar-refractivity contribution < 1.29 is 19.4 Å². The van der Waals surface area contributed by atoms with Crippen LogP contribution < -0.4 is 10.5 Å². The summed E-state index contributed by atoms with van der Waals surface area (Å²) in [6.07, 6.45) is -0.699. The summed E-state index contributed by atoms with van der Waals surface area (Å²) in [5.41, 5.74) is 6.38. The fourth-order valence-corrected chi connectivity index (χ4v) is 1.30. The number of rotatable bonds is 5. The normalized spacial score (nSPS) is 11.9. The molecule has 5 heteroatoms. The Morgan fingerprint density at radius 3 is 2.82 bits per heavy atom. The second kappa shape index (κ2) is 6.10. The molecule has 0 fully saturated rings. The summed E-state index contributed by atoms with van der Waals surface area (Å²) >= 11 is 0. The lowest BCUT2D eigenvalue weighted by Crippen LogP contribution is -2.16. The second-order valence-electron chi connectivity index (χ2n) is 3.60. The van der Waals surface area contributed by atoms with Crippen molar-refractivity contribution >= 4 is 11.7 Å². The molecule has 0 aliphatic heterocycles. The summed E-state index contributed by atoms with van der Waals surface area (Å²) in [6.45, 7) is 3.69. The first-order valence-corrected chi connectivity index (χ1v) is 5.42. The number of ether oxygens (including phenoxy) is 2. The van der Waals surface area contributed by atoms with Crippen molar-refractivity contribution in [3.8, 4) is 5.75 Å². The van der Waals surface area contributed by atoms with Crippen molar-refractivity contribution in [1.29, 1.82) is 0 Å². The molecule has 0 radical (unpaired) electrons. The van der Waals surface area contributed by atoms with Gasteiger partial charge in [-0.3, -0.25) is 0 Å². The maximum Gasteiger partial charge on any atom is 0.342 e. The molecule has 0 heterocycles. The molecular weight excluding hydrogens is 222 g/mol. The SMILES string of the molecule is CCOc1c(N)cccc1C(=O)OCC(C)O. The maximum atomic E-state index is 11.7. The number of aliphatic hydroxyl groups excluding tert-OH is 1. The molecular formula is C12H17NO4. The summed E-state index contributed by atoms with van der Waals surface area (Å²) in [4.78, 5) is 11.7. The number of hydrogen-bond donors (Lipinski definition) is 2. The zero-order valence-corrected chi connectivity index (χ0v) is 9.97. The van der Waals surface area contributed by atoms with E-state index in [2.05, 4.69) is 0 Å². The van der Waals surface area contributed by atoms with Crippen LogP contribution in [-0.4, -0.2) is 30.4 Å². The quantitative estimate of drug-likeness (QED) is 0.596. The van der Waals surface area contributed by atoms with E-state index in [-0.39, 0.29) is 12.2 Å². The molecule has 0 aromatic heterocycles. The van der Waals surface area contributed by atoms with Gasteiger partial charge in [0.15, 0.2) is 5.75 Å². The lowest BCUT2D eigenvalue weighted by Gasteiger charge is -2.12. The summed E-state index contributed by atoms with van der Waals surface area (Å²) in [5, 5.41) is 9.04. The maximum absolute atomic E-state index is 11.7. The number of carbonyl (C=O) groups is 1. The average molecular weight is 239 g/mol. The van der Waals surface area contributed by atoms with Crippen LogP contribution >= 0.6 is 0 Å². The first-order valence-electron chi connectivity index (χ1n) is 5.42. The Kier molecular flexibility index (Phi) is 4.78. The van der Waals surface area contributed by atoms with Crippen molar-refractivity contribution in [2.45, 2.75) is 20.0 Å². The van der Waals surface area contributed by atoms with Gasteiger partial charge >= 0.3 is 5.97 Å². The van der Waals surface area contributed by atoms with Gasteiger partial charge in [-0.25, -0.2) is 4.79 Å². The fraction of sp³-hybridized carbons (Fsp3) is 0.417. The molecule has 0 amide bonds. The molecule has 0 aliphatic carbocycles. The Morgan fingerprint density at radius 2 is 2.24 bits per heavy atom. The summed E-state index contributed by atoms with van der Waals surface area (Å²) < 4.78 is 10.2. The minimum Gasteiger partial charge on any atom is -0.491 e. The Balaban J connectivity index is 2.88. The fourth-order valence-electron chi connectivity index (χ4n) is 1.30. The van der Waals surface area contributed by atoms with Crippen LogP contribution in [-0.2, 0) is 4.74 Å². The molecule has 0 bridgehead atoms. The zero-order chi connectivity index (χ0) is 12.8. The third-order valence-electron chi connectivity index (χ3n) is 2.01. The van der Waals surface area contributed by atoms with Crippen LogP contribution in [0.25, 0.3) is 0 Å². The van der Waals surface area contributed by atoms with Gasteiger partial charge < -0.3 is 20.3 Å². The molecule has 1 unspecified atom stereocenters. The van der Waals surface area contributed by atoms with E-state index in [1.165, 1.54) is 6.92 Å². The Labute approximate surface area is 100 Å². The van der Waals surface area contributed by atoms with Gasteiger partial charge in [-0.2, -0.15) is 0 Å². The van der Waals surface area contributed by atoms with E-state index < -0.39 is 12.1 Å². The molecule has 1 atom stereocenters. The van der Waals surface area contributed by atoms with Crippen LogP contribution in [0.4, 0.5) is 5.69 Å². The van der Waals surface area contributed by atoms with E-state index in [1.807, 2.05) is 0 Å². The lowest BCUT2D eigenvalue weighted by molar-refractivity contribution is 0.0293. The minimum absolute atomic E-state index is 0.0564. The molecule has 1 aromatic carbocycles. The number of esters is 1. The molecule has 3 N–H and O–H groups in total. The van der Waals surface area contributed by atoms with Crippen molar-refractivity contribution in [2.24, 2.45) is 0 Å². The Hall–Kier alpha value is -1.75. The van der Waals surface area contributed by atoms with Gasteiger partial charge in [0.05, 0.1) is 18.4 Å². The summed E-state index contributed by atoms with van der Waals surface area (Å²) in [6, 6.07) is 4.87. The van der Waals surface area contributed by atoms with Gasteiger partial charge in [0.25, 0.3) is 0 Å². The lowest BCUT2D eigenvalue weighted by atomic mass is 10.1. The highest BCUT2D eigenvalue weighted by atomic mass is 16.5. The molecule has 0 saturated carbocycles. The Bertz CT molecular complexity index is 390. The van der Waals surface area contributed by atoms with Crippen LogP contribution in [0.15, 0.2) is 18.2 Å². The molecule has 94 valence electrons. The number of hydrogen-bond acceptors (Lipinski definition) is 5. The van der Waals surface area contributed by atoms with E-state index in [0.717, 1.165) is 0 Å². The third kappa shape index (κ3) is 3.64. The average Bonchev–Trinajstić information content (AvgIpc) is 2.29. The van der Waals surface area contributed by atoms with Crippen molar-refractivity contribution in [1.82, 2.24) is 0 Å². The number of anilines is 1. The predicted molar refractivity (Wildman–Crippen MR) is 64.0 cm³/mol. The van der Waals surface area contributed by atoms with Crippen LogP contribution in [0.2, 0.25) is 0 Å². The number of aliphatic hydroxyl groups is 1. The first kappa shape index (κ1) is 13.3. The van der Waals surface area contributed by atoms with Crippen molar-refractivity contribution in [3.63, 3.8) is 0 Å². The molecule has 17 heavy (non-hydrogen) atoms. The topological polar surface area (TPSA) is 81.8 Å². The Morgan fingerprint density at radius 1 is 1.53 bits per heavy atom. The number of nitrogens with two attached hydrogens (primary N) is 1. The molecule has 1 aromatic rings. The highest BCUT2D eigenvalue weighted by molar-refractivity contribution is 5.94. The standard InChI is InChI=1S/C12H17NO4/c1-3-16-11-9(5-4-6-10(11)13)12(15)17-7-8(2)14/h4-6,8,14H,3,7,13H2,1-2H3. The molecule has 0 spiro atoms. The largest absolute Gasteiger partial charge is 0.491 e. The molecule has 5 nitrogen and oxygen atoms in total. The minimum atomic E-state index is -0.699. The summed E-state index contributed by atoms with van der Waals surface area (Å²) in [5.74, 6) is -0.229. The van der Waals surface area contributed by atoms with Crippen LogP contribution in [0.5, 0.6) is 5.75 Å². The van der Waals surface area contributed by atoms with Gasteiger partial charge in [-0.15, -0.1) is 0 Å². The van der Waals surface area contributed by atoms with Gasteiger partial charge in [0, 0.05) is 0 Å². The predicted octanol–water partition coefficient (Wildman–Crippen LogP) is 1.21. The zero-order valence-electron chi connectivity index (χ0n) is 9.97. The number of benzene rings is 1. The third-order valence-corrected chi connectivity index (χ3v) is 2.01. The highest BCUT2D eigenvalue weighted by Gasteiger charge is 2.16. The van der Waals surface area contributed by atoms with Gasteiger partial charge in [0.1, 0.15) is 12.2 Å². The van der Waals surface area contributed by atoms with Crippen LogP contribution in [0.3, 0.4) is 0 Å². The smallest absolute Gasteiger partial charge is 0.342 e. The van der Waals surface area contributed by atoms with E-state index in [9.17, 15) is 4.79 Å². The van der Waals surface area contributed by atoms with Crippen molar-refractivity contribution in [2.75, 3.05) is 18.9 Å². The number of para-hydroxylation sites is 1. The first-order chi connectivity index (χ1) is 8.06. The van der Waals surface area contributed by atoms with Crippen LogP contribution in [0.1, 0.15) is 24.2 Å². The number of nitrogen functional groups attached to an aromatic ring is 1. The monoisotopic (exact) mass is 239 g/mol. The second-order valence-corrected chi connectivity index (χ2v) is 3.60. The molecule has 1 rings (SSSR count). The number of carbonyl (C=O) groups excluding carboxylic acids is 1.